The molecule has 0 radical (unpaired) electrons. The van der Waals surface area contributed by atoms with Crippen LogP contribution in [0.15, 0.2) is 303 Å². The number of rotatable bonds is 3. The van der Waals surface area contributed by atoms with Crippen LogP contribution in [0, 0.1) is 0 Å². The minimum absolute atomic E-state index is 0.378. The molecule has 87 heavy (non-hydrogen) atoms. The lowest BCUT2D eigenvalue weighted by Crippen LogP contribution is -2.29. The smallest absolute Gasteiger partial charge is 0.455 e. The summed E-state index contributed by atoms with van der Waals surface area (Å²) in [5, 5.41) is 21.9. The lowest BCUT2D eigenvalue weighted by molar-refractivity contribution is 0.426. The highest BCUT2D eigenvalue weighted by atomic mass is 79.9. The molecule has 0 unspecified atom stereocenters. The Bertz CT molecular complexity index is 5210. The van der Waals surface area contributed by atoms with E-state index < -0.39 is 12.5 Å². The van der Waals surface area contributed by atoms with Gasteiger partial charge in [0.2, 0.25) is 0 Å². The summed E-state index contributed by atoms with van der Waals surface area (Å²) in [6.45, 7) is 0. The van der Waals surface area contributed by atoms with Crippen LogP contribution < -0.4 is 5.46 Å². The molecule has 4 aliphatic carbocycles. The first kappa shape index (κ1) is 51.8. The molecule has 7 heteroatoms. The molecule has 15 aromatic rings. The van der Waals surface area contributed by atoms with Crippen LogP contribution in [-0.4, -0.2) is 17.2 Å². The molecule has 4 nitrogen and oxygen atoms in total. The molecular formula is C80H49BBr2O4. The molecule has 4 aliphatic rings. The molecule has 0 saturated carbocycles. The lowest BCUT2D eigenvalue weighted by Gasteiger charge is -2.31. The second-order valence-electron chi connectivity index (χ2n) is 22.9. The molecule has 0 bridgehead atoms. The van der Waals surface area contributed by atoms with Gasteiger partial charge in [0, 0.05) is 31.6 Å². The summed E-state index contributed by atoms with van der Waals surface area (Å²) < 4.78 is 15.2. The third kappa shape index (κ3) is 7.44. The van der Waals surface area contributed by atoms with Gasteiger partial charge in [-0.05, 0) is 170 Å². The highest BCUT2D eigenvalue weighted by Crippen LogP contribution is 2.67. The first-order valence-electron chi connectivity index (χ1n) is 29.3. The maximum atomic E-state index is 8.58. The molecule has 410 valence electrons. The van der Waals surface area contributed by atoms with Crippen LogP contribution in [0.5, 0.6) is 0 Å². The predicted molar refractivity (Wildman–Crippen MR) is 363 cm³/mol. The Morgan fingerprint density at radius 3 is 1.23 bits per heavy atom. The van der Waals surface area contributed by atoms with E-state index >= 15 is 0 Å². The second-order valence-corrected chi connectivity index (χ2v) is 24.7. The van der Waals surface area contributed by atoms with Gasteiger partial charge in [-0.1, -0.05) is 259 Å². The molecule has 0 amide bonds. The Labute approximate surface area is 519 Å². The van der Waals surface area contributed by atoms with Gasteiger partial charge >= 0.3 is 7.12 Å². The van der Waals surface area contributed by atoms with Crippen molar-refractivity contribution >= 4 is 88.3 Å². The number of hydrogen-bond donors (Lipinski definition) is 2. The largest absolute Gasteiger partial charge is 0.488 e. The van der Waals surface area contributed by atoms with Crippen molar-refractivity contribution < 1.29 is 18.9 Å². The van der Waals surface area contributed by atoms with E-state index in [1.54, 1.807) is 24.3 Å². The zero-order chi connectivity index (χ0) is 58.1. The van der Waals surface area contributed by atoms with Crippen molar-refractivity contribution in [3.63, 3.8) is 0 Å². The average molecular weight is 1240 g/mol. The van der Waals surface area contributed by atoms with E-state index in [4.69, 9.17) is 18.9 Å². The van der Waals surface area contributed by atoms with Gasteiger partial charge in [-0.15, -0.1) is 0 Å². The number of para-hydroxylation sites is 2. The molecule has 0 atom stereocenters. The van der Waals surface area contributed by atoms with Gasteiger partial charge < -0.3 is 18.9 Å². The van der Waals surface area contributed by atoms with E-state index in [-0.39, 0.29) is 5.41 Å². The molecule has 19 rings (SSSR count). The van der Waals surface area contributed by atoms with Crippen molar-refractivity contribution in [1.29, 1.82) is 0 Å². The Balaban J connectivity index is 0.000000121. The first-order valence-corrected chi connectivity index (χ1v) is 30.9. The number of halogens is 2. The van der Waals surface area contributed by atoms with Crippen molar-refractivity contribution in [3.8, 4) is 66.8 Å². The average Bonchev–Trinajstić information content (AvgIpc) is 1.52. The number of furan rings is 2. The highest BCUT2D eigenvalue weighted by molar-refractivity contribution is 9.11. The van der Waals surface area contributed by atoms with Gasteiger partial charge in [0.1, 0.15) is 22.3 Å². The molecule has 0 aliphatic heterocycles. The highest BCUT2D eigenvalue weighted by Gasteiger charge is 2.54. The summed E-state index contributed by atoms with van der Waals surface area (Å²) in [6, 6.07) is 101. The van der Waals surface area contributed by atoms with Crippen molar-refractivity contribution in [3.05, 3.63) is 339 Å². The molecule has 2 aromatic heterocycles. The van der Waals surface area contributed by atoms with Crippen LogP contribution in [0.25, 0.3) is 111 Å². The van der Waals surface area contributed by atoms with E-state index in [2.05, 4.69) is 281 Å². The zero-order valence-corrected chi connectivity index (χ0v) is 49.9. The van der Waals surface area contributed by atoms with E-state index in [0.717, 1.165) is 53.2 Å². The topological polar surface area (TPSA) is 66.7 Å². The van der Waals surface area contributed by atoms with Crippen molar-refractivity contribution in [2.45, 2.75) is 10.8 Å². The minimum atomic E-state index is -1.34. The quantitative estimate of drug-likeness (QED) is 0.173. The maximum Gasteiger partial charge on any atom is 0.488 e. The van der Waals surface area contributed by atoms with Gasteiger partial charge in [-0.3, -0.25) is 0 Å². The lowest BCUT2D eigenvalue weighted by atomic mass is 9.69. The van der Waals surface area contributed by atoms with Crippen LogP contribution in [0.1, 0.15) is 44.5 Å². The third-order valence-electron chi connectivity index (χ3n) is 18.6. The van der Waals surface area contributed by atoms with E-state index in [1.165, 1.54) is 111 Å². The van der Waals surface area contributed by atoms with Crippen LogP contribution in [0.4, 0.5) is 0 Å². The normalized spacial score (nSPS) is 13.5. The van der Waals surface area contributed by atoms with Crippen molar-refractivity contribution in [2.75, 3.05) is 0 Å². The fourth-order valence-electron chi connectivity index (χ4n) is 15.2. The van der Waals surface area contributed by atoms with Crippen LogP contribution >= 0.6 is 31.9 Å². The van der Waals surface area contributed by atoms with Gasteiger partial charge in [-0.2, -0.15) is 0 Å². The second kappa shape index (κ2) is 20.0. The Kier molecular flexibility index (Phi) is 11.9. The fourth-order valence-corrected chi connectivity index (χ4v) is 16.1. The molecule has 0 saturated heterocycles. The van der Waals surface area contributed by atoms with Crippen LogP contribution in [0.2, 0.25) is 0 Å². The maximum absolute atomic E-state index is 8.58. The molecule has 2 N–H and O–H groups in total. The zero-order valence-electron chi connectivity index (χ0n) is 46.7. The Hall–Kier alpha value is -9.60. The standard InChI is InChI=1S/C43H26O.C31H16Br2O.C6H7BO2/c1-3-13-27(14-4-1)29-23-24-32-37(25-29)43(35-20-10-7-17-30(35)31-18-8-11-21-36(31)43)38-26-34(28-15-5-2-6-16-28)42-41(40(32)38)33-19-9-12-22-39(33)44-42;32-17-13-14-20-24(15-17)31(22-10-4-1-7-18(22)19-8-2-5-11-23(19)31)25-16-26(33)30-29(28(20)25)21-9-3-6-12-27(21)34-30;8-7(9)6-4-2-1-3-5-6/h1-26H;1-16H;1-5,8-9H. The Morgan fingerprint density at radius 1 is 0.299 bits per heavy atom. The summed E-state index contributed by atoms with van der Waals surface area (Å²) >= 11 is 7.68. The third-order valence-corrected chi connectivity index (χ3v) is 19.7. The SMILES string of the molecule is Brc1ccc2c(c1)C1(c3ccccc3-c3ccccc31)c1cc(Br)c3oc4ccccc4c3c1-2.OB(O)c1ccccc1.c1ccc(-c2ccc3c(c2)C2(c4ccccc4-c4ccccc42)c2cc(-c4ccccc4)c4oc5ccccc5c4c2-3)cc1. The molecule has 0 fully saturated rings. The van der Waals surface area contributed by atoms with Crippen molar-refractivity contribution in [1.82, 2.24) is 0 Å². The number of benzene rings is 13. The van der Waals surface area contributed by atoms with Gasteiger partial charge in [-0.25, -0.2) is 0 Å². The molecule has 13 aromatic carbocycles. The molecular weight excluding hydrogens is 1200 g/mol. The summed E-state index contributed by atoms with van der Waals surface area (Å²) in [5.74, 6) is 0. The van der Waals surface area contributed by atoms with E-state index in [1.807, 2.05) is 12.1 Å². The first-order chi connectivity index (χ1) is 42.8. The van der Waals surface area contributed by atoms with E-state index in [0.29, 0.717) is 5.46 Å². The summed E-state index contributed by atoms with van der Waals surface area (Å²) in [5.41, 5.74) is 29.1. The van der Waals surface area contributed by atoms with Gasteiger partial charge in [0.25, 0.3) is 0 Å². The van der Waals surface area contributed by atoms with Gasteiger partial charge in [0.15, 0.2) is 0 Å². The number of fused-ring (bicyclic) bond motifs is 28. The summed E-state index contributed by atoms with van der Waals surface area (Å²) in [4.78, 5) is 0. The minimum Gasteiger partial charge on any atom is -0.455 e. The monoisotopic (exact) mass is 1240 g/mol. The summed E-state index contributed by atoms with van der Waals surface area (Å²) in [7, 11) is -1.34. The number of hydrogen-bond acceptors (Lipinski definition) is 4. The fraction of sp³-hybridized carbons (Fsp3) is 0.0250. The molecule has 2 spiro atoms. The molecule has 2 heterocycles. The van der Waals surface area contributed by atoms with Crippen LogP contribution in [0.3, 0.4) is 0 Å². The summed E-state index contributed by atoms with van der Waals surface area (Å²) in [6.07, 6.45) is 0. The van der Waals surface area contributed by atoms with E-state index in [9.17, 15) is 0 Å². The Morgan fingerprint density at radius 2 is 0.713 bits per heavy atom. The van der Waals surface area contributed by atoms with Crippen molar-refractivity contribution in [2.24, 2.45) is 0 Å². The van der Waals surface area contributed by atoms with Crippen LogP contribution in [-0.2, 0) is 10.8 Å². The predicted octanol–water partition coefficient (Wildman–Crippen LogP) is 20.1. The van der Waals surface area contributed by atoms with Gasteiger partial charge in [0.05, 0.1) is 15.3 Å².